The van der Waals surface area contributed by atoms with Gasteiger partial charge in [0.15, 0.2) is 16.9 Å². The Labute approximate surface area is 204 Å². The van der Waals surface area contributed by atoms with E-state index in [1.807, 2.05) is 50.2 Å². The number of nitrogens with zero attached hydrogens (tertiary/aromatic N) is 1. The Balaban J connectivity index is 1.79. The van der Waals surface area contributed by atoms with Crippen LogP contribution in [0.3, 0.4) is 0 Å². The summed E-state index contributed by atoms with van der Waals surface area (Å²) in [5.41, 5.74) is 3.76. The summed E-state index contributed by atoms with van der Waals surface area (Å²) in [6.45, 7) is 4.07. The number of ether oxygens (including phenoxy) is 1. The van der Waals surface area contributed by atoms with Crippen molar-refractivity contribution in [3.05, 3.63) is 103 Å². The number of phenolic OH excluding ortho intramolecular Hbond substituents is 1. The molecule has 0 radical (unpaired) electrons. The van der Waals surface area contributed by atoms with Crippen LogP contribution in [0.4, 0.5) is 0 Å². The summed E-state index contributed by atoms with van der Waals surface area (Å²) < 4.78 is 11.9. The van der Waals surface area contributed by atoms with Gasteiger partial charge in [0.25, 0.3) is 5.91 Å². The number of amides is 1. The smallest absolute Gasteiger partial charge is 0.291 e. The second kappa shape index (κ2) is 8.33. The van der Waals surface area contributed by atoms with E-state index < -0.39 is 6.04 Å². The molecule has 0 saturated heterocycles. The summed E-state index contributed by atoms with van der Waals surface area (Å²) in [7, 11) is 1.45. The number of aryl methyl sites for hydroxylation is 2. The molecule has 5 rings (SSSR count). The fourth-order valence-electron chi connectivity index (χ4n) is 4.67. The number of hydrogen-bond donors (Lipinski definition) is 1. The van der Waals surface area contributed by atoms with E-state index in [0.29, 0.717) is 21.0 Å². The van der Waals surface area contributed by atoms with Crippen LogP contribution in [0.15, 0.2) is 68.3 Å². The Hall–Kier alpha value is -3.58. The number of carbonyl (C=O) groups is 1. The molecule has 34 heavy (non-hydrogen) atoms. The van der Waals surface area contributed by atoms with Gasteiger partial charge in [0.1, 0.15) is 5.58 Å². The maximum atomic E-state index is 13.8. The zero-order valence-corrected chi connectivity index (χ0v) is 20.5. The zero-order valence-electron chi connectivity index (χ0n) is 18.9. The van der Waals surface area contributed by atoms with Gasteiger partial charge in [0.05, 0.1) is 28.6 Å². The van der Waals surface area contributed by atoms with Crippen LogP contribution in [0.5, 0.6) is 11.5 Å². The van der Waals surface area contributed by atoms with E-state index in [1.165, 1.54) is 7.11 Å². The lowest BCUT2D eigenvalue weighted by Crippen LogP contribution is -2.29. The lowest BCUT2D eigenvalue weighted by atomic mass is 9.97. The average molecular weight is 520 g/mol. The van der Waals surface area contributed by atoms with E-state index in [0.717, 1.165) is 16.7 Å². The summed E-state index contributed by atoms with van der Waals surface area (Å²) in [6.07, 6.45) is 0. The highest BCUT2D eigenvalue weighted by Gasteiger charge is 2.43. The Kier molecular flexibility index (Phi) is 5.44. The molecule has 1 aromatic heterocycles. The second-order valence-corrected chi connectivity index (χ2v) is 9.36. The van der Waals surface area contributed by atoms with Gasteiger partial charge in [0.2, 0.25) is 5.76 Å². The standard InChI is InChI=1S/C27H22BrNO5/c1-14-9-15(2)25-18(10-14)23(30)21-22(17-11-19(28)24(31)20(12-17)33-3)29(27(32)26(21)34-25)13-16-7-5-4-6-8-16/h4-12,22,31H,13H2,1-3H3/t22-/m1/s1. The number of halogens is 1. The van der Waals surface area contributed by atoms with Crippen molar-refractivity contribution in [3.63, 3.8) is 0 Å². The van der Waals surface area contributed by atoms with Crippen molar-refractivity contribution in [2.75, 3.05) is 7.11 Å². The second-order valence-electron chi connectivity index (χ2n) is 8.51. The van der Waals surface area contributed by atoms with E-state index in [-0.39, 0.29) is 40.7 Å². The van der Waals surface area contributed by atoms with Gasteiger partial charge in [-0.05, 0) is 70.2 Å². The molecular weight excluding hydrogens is 498 g/mol. The summed E-state index contributed by atoms with van der Waals surface area (Å²) >= 11 is 3.37. The first-order chi connectivity index (χ1) is 16.3. The molecule has 0 unspecified atom stereocenters. The third-order valence-corrected chi connectivity index (χ3v) is 6.78. The zero-order chi connectivity index (χ0) is 24.1. The van der Waals surface area contributed by atoms with E-state index >= 15 is 0 Å². The van der Waals surface area contributed by atoms with E-state index in [9.17, 15) is 14.7 Å². The molecule has 1 aliphatic rings. The van der Waals surface area contributed by atoms with Gasteiger partial charge in [-0.3, -0.25) is 9.59 Å². The van der Waals surface area contributed by atoms with Gasteiger partial charge in [0, 0.05) is 6.54 Å². The molecule has 172 valence electrons. The van der Waals surface area contributed by atoms with Crippen LogP contribution in [0, 0.1) is 13.8 Å². The van der Waals surface area contributed by atoms with Crippen molar-refractivity contribution in [2.24, 2.45) is 0 Å². The molecule has 0 spiro atoms. The molecule has 7 heteroatoms. The molecule has 2 heterocycles. The van der Waals surface area contributed by atoms with Crippen LogP contribution in [-0.4, -0.2) is 23.0 Å². The summed E-state index contributed by atoms with van der Waals surface area (Å²) in [6, 6.07) is 15.9. The van der Waals surface area contributed by atoms with Crippen LogP contribution >= 0.6 is 15.9 Å². The molecule has 0 aliphatic carbocycles. The largest absolute Gasteiger partial charge is 0.503 e. The summed E-state index contributed by atoms with van der Waals surface area (Å²) in [5, 5.41) is 10.8. The molecule has 1 amide bonds. The molecule has 3 aromatic carbocycles. The highest BCUT2D eigenvalue weighted by Crippen LogP contribution is 2.44. The normalized spacial score (nSPS) is 15.1. The van der Waals surface area contributed by atoms with Crippen molar-refractivity contribution in [2.45, 2.75) is 26.4 Å². The topological polar surface area (TPSA) is 80.0 Å². The first kappa shape index (κ1) is 22.2. The molecule has 4 aromatic rings. The predicted molar refractivity (Wildman–Crippen MR) is 132 cm³/mol. The Morgan fingerprint density at radius 3 is 2.53 bits per heavy atom. The van der Waals surface area contributed by atoms with Gasteiger partial charge in [-0.2, -0.15) is 0 Å². The molecular formula is C27H22BrNO5. The third-order valence-electron chi connectivity index (χ3n) is 6.18. The quantitative estimate of drug-likeness (QED) is 0.377. The molecule has 0 fully saturated rings. The number of benzene rings is 3. The fourth-order valence-corrected chi connectivity index (χ4v) is 5.13. The molecule has 1 aliphatic heterocycles. The maximum Gasteiger partial charge on any atom is 0.291 e. The molecule has 0 saturated carbocycles. The number of carbonyl (C=O) groups excluding carboxylic acids is 1. The predicted octanol–water partition coefficient (Wildman–Crippen LogP) is 5.63. The van der Waals surface area contributed by atoms with Gasteiger partial charge in [-0.15, -0.1) is 0 Å². The number of rotatable bonds is 4. The van der Waals surface area contributed by atoms with Crippen molar-refractivity contribution in [3.8, 4) is 11.5 Å². The number of fused-ring (bicyclic) bond motifs is 2. The lowest BCUT2D eigenvalue weighted by Gasteiger charge is -2.26. The third kappa shape index (κ3) is 3.47. The minimum absolute atomic E-state index is 0.0496. The summed E-state index contributed by atoms with van der Waals surface area (Å²) in [4.78, 5) is 29.1. The van der Waals surface area contributed by atoms with Gasteiger partial charge in [-0.25, -0.2) is 0 Å². The minimum Gasteiger partial charge on any atom is -0.503 e. The highest BCUT2D eigenvalue weighted by molar-refractivity contribution is 9.10. The number of hydrogen-bond acceptors (Lipinski definition) is 5. The van der Waals surface area contributed by atoms with Crippen molar-refractivity contribution in [1.29, 1.82) is 0 Å². The van der Waals surface area contributed by atoms with E-state index in [2.05, 4.69) is 15.9 Å². The Morgan fingerprint density at radius 1 is 1.09 bits per heavy atom. The molecule has 6 nitrogen and oxygen atoms in total. The number of phenols is 1. The lowest BCUT2D eigenvalue weighted by molar-refractivity contribution is 0.0714. The SMILES string of the molecule is COc1cc([C@@H]2c3c(oc4c(C)cc(C)cc4c3=O)C(=O)N2Cc2ccccc2)cc(Br)c1O. The van der Waals surface area contributed by atoms with Gasteiger partial charge in [-0.1, -0.05) is 36.4 Å². The maximum absolute atomic E-state index is 13.8. The van der Waals surface area contributed by atoms with Crippen LogP contribution in [-0.2, 0) is 6.54 Å². The number of methoxy groups -OCH3 is 1. The highest BCUT2D eigenvalue weighted by atomic mass is 79.9. The molecule has 1 atom stereocenters. The van der Waals surface area contributed by atoms with E-state index in [4.69, 9.17) is 9.15 Å². The van der Waals surface area contributed by atoms with Crippen LogP contribution in [0.25, 0.3) is 11.0 Å². The van der Waals surface area contributed by atoms with E-state index in [1.54, 1.807) is 23.1 Å². The summed E-state index contributed by atoms with van der Waals surface area (Å²) in [5.74, 6) is -0.122. The minimum atomic E-state index is -0.713. The first-order valence-electron chi connectivity index (χ1n) is 10.8. The first-order valence-corrected chi connectivity index (χ1v) is 11.6. The fraction of sp³-hybridized carbons (Fsp3) is 0.185. The van der Waals surface area contributed by atoms with Gasteiger partial charge < -0.3 is 19.2 Å². The monoisotopic (exact) mass is 519 g/mol. The molecule has 1 N–H and O–H groups in total. The Bertz CT molecular complexity index is 1510. The van der Waals surface area contributed by atoms with Crippen LogP contribution in [0.2, 0.25) is 0 Å². The average Bonchev–Trinajstić information content (AvgIpc) is 3.09. The van der Waals surface area contributed by atoms with Gasteiger partial charge >= 0.3 is 0 Å². The van der Waals surface area contributed by atoms with Crippen LogP contribution in [0.1, 0.15) is 44.4 Å². The van der Waals surface area contributed by atoms with Crippen molar-refractivity contribution in [1.82, 2.24) is 4.90 Å². The molecule has 0 bridgehead atoms. The van der Waals surface area contributed by atoms with Crippen molar-refractivity contribution < 1.29 is 19.1 Å². The van der Waals surface area contributed by atoms with Crippen molar-refractivity contribution >= 4 is 32.8 Å². The van der Waals surface area contributed by atoms with Crippen LogP contribution < -0.4 is 10.2 Å². The Morgan fingerprint density at radius 2 is 1.82 bits per heavy atom. The number of aromatic hydroxyl groups is 1.